The van der Waals surface area contributed by atoms with Crippen LogP contribution in [0.15, 0.2) is 30.3 Å². The van der Waals surface area contributed by atoms with Gasteiger partial charge in [-0.05, 0) is 0 Å². The number of benzene rings is 1. The van der Waals surface area contributed by atoms with Crippen molar-refractivity contribution in [3.8, 4) is 0 Å². The van der Waals surface area contributed by atoms with Gasteiger partial charge in [-0.3, -0.25) is 5.41 Å². The minimum Gasteiger partial charge on any atom is -0.361 e. The van der Waals surface area contributed by atoms with Crippen molar-refractivity contribution in [1.29, 1.82) is 0 Å². The first-order valence-corrected chi connectivity index (χ1v) is 3.63. The average molecular weight is 236 g/mol. The zero-order valence-corrected chi connectivity index (χ0v) is 10.0. The fourth-order valence-electron chi connectivity index (χ4n) is 0.910. The second kappa shape index (κ2) is 5.11. The molecule has 1 rings (SSSR count). The first-order valence-electron chi connectivity index (χ1n) is 3.63. The third-order valence-corrected chi connectivity index (χ3v) is 1.78. The standard InChI is InChI=1S/C10H13N.Y/c1-10(2,8-11)9-6-4-3-5-7-9;/h3-7H,1-2,8,11H2;/q-2;. The predicted molar refractivity (Wildman–Crippen MR) is 47.9 cm³/mol. The first-order chi connectivity index (χ1) is 5.17. The molecule has 0 fully saturated rings. The Morgan fingerprint density at radius 3 is 2.08 bits per heavy atom. The van der Waals surface area contributed by atoms with Gasteiger partial charge in [0, 0.05) is 32.7 Å². The van der Waals surface area contributed by atoms with Gasteiger partial charge in [-0.1, -0.05) is 42.4 Å². The van der Waals surface area contributed by atoms with Gasteiger partial charge in [0.1, 0.15) is 0 Å². The van der Waals surface area contributed by atoms with Gasteiger partial charge in [0.2, 0.25) is 0 Å². The molecule has 0 aliphatic carbocycles. The molecule has 0 unspecified atom stereocenters. The summed E-state index contributed by atoms with van der Waals surface area (Å²) in [6.07, 6.45) is 0. The van der Waals surface area contributed by atoms with E-state index in [2.05, 4.69) is 13.8 Å². The molecule has 0 atom stereocenters. The van der Waals surface area contributed by atoms with Crippen LogP contribution >= 0.6 is 0 Å². The van der Waals surface area contributed by atoms with Gasteiger partial charge in [0.05, 0.1) is 0 Å². The third kappa shape index (κ3) is 2.97. The minimum absolute atomic E-state index is 0. The van der Waals surface area contributed by atoms with Crippen molar-refractivity contribution in [3.63, 3.8) is 0 Å². The number of rotatable bonds is 2. The van der Waals surface area contributed by atoms with Crippen molar-refractivity contribution in [1.82, 2.24) is 0 Å². The molecule has 1 aromatic rings. The maximum Gasteiger partial charge on any atom is 0 e. The zero-order valence-electron chi connectivity index (χ0n) is 7.16. The van der Waals surface area contributed by atoms with E-state index in [1.54, 1.807) is 0 Å². The zero-order chi connectivity index (χ0) is 8.32. The Kier molecular flexibility index (Phi) is 5.23. The average Bonchev–Trinajstić information content (AvgIpc) is 2.06. The smallest absolute Gasteiger partial charge is 0 e. The number of nitrogens with two attached hydrogens (primary N) is 1. The van der Waals surface area contributed by atoms with E-state index < -0.39 is 0 Å². The fourth-order valence-corrected chi connectivity index (χ4v) is 0.910. The van der Waals surface area contributed by atoms with E-state index in [4.69, 9.17) is 5.73 Å². The predicted octanol–water partition coefficient (Wildman–Crippen LogP) is 1.55. The van der Waals surface area contributed by atoms with E-state index in [1.807, 2.05) is 30.3 Å². The van der Waals surface area contributed by atoms with Crippen molar-refractivity contribution in [3.05, 3.63) is 49.7 Å². The van der Waals surface area contributed by atoms with Gasteiger partial charge in [-0.2, -0.15) is 0 Å². The van der Waals surface area contributed by atoms with Gasteiger partial charge in [0.25, 0.3) is 0 Å². The van der Waals surface area contributed by atoms with E-state index in [0.717, 1.165) is 5.56 Å². The van der Waals surface area contributed by atoms with Crippen LogP contribution in [0.4, 0.5) is 0 Å². The summed E-state index contributed by atoms with van der Waals surface area (Å²) in [6.45, 7) is 8.31. The molecule has 12 heavy (non-hydrogen) atoms. The Labute approximate surface area is 99.6 Å². The van der Waals surface area contributed by atoms with Crippen LogP contribution in [0.1, 0.15) is 5.56 Å². The maximum absolute atomic E-state index is 5.51. The summed E-state index contributed by atoms with van der Waals surface area (Å²) in [6, 6.07) is 9.89. The summed E-state index contributed by atoms with van der Waals surface area (Å²) < 4.78 is 0. The normalized spacial score (nSPS) is 10.6. The summed E-state index contributed by atoms with van der Waals surface area (Å²) in [7, 11) is 0. The number of hydrogen-bond donors (Lipinski definition) is 1. The topological polar surface area (TPSA) is 26.0 Å². The Morgan fingerprint density at radius 2 is 1.67 bits per heavy atom. The molecule has 1 aromatic carbocycles. The van der Waals surface area contributed by atoms with Crippen molar-refractivity contribution in [2.24, 2.45) is 5.73 Å². The summed E-state index contributed by atoms with van der Waals surface area (Å²) >= 11 is 0. The molecule has 0 heterocycles. The van der Waals surface area contributed by atoms with Crippen molar-refractivity contribution in [2.45, 2.75) is 5.41 Å². The van der Waals surface area contributed by atoms with E-state index in [9.17, 15) is 0 Å². The molecular weight excluding hydrogens is 223 g/mol. The monoisotopic (exact) mass is 236 g/mol. The van der Waals surface area contributed by atoms with E-state index in [1.165, 1.54) is 0 Å². The van der Waals surface area contributed by atoms with Crippen LogP contribution in [0.2, 0.25) is 0 Å². The van der Waals surface area contributed by atoms with Gasteiger partial charge in [0.15, 0.2) is 0 Å². The SMILES string of the molecule is [CH2-]C([CH2-])(CN)c1ccccc1.[Y]. The van der Waals surface area contributed by atoms with Gasteiger partial charge >= 0.3 is 0 Å². The quantitative estimate of drug-likeness (QED) is 0.774. The second-order valence-corrected chi connectivity index (χ2v) is 2.85. The molecule has 0 saturated carbocycles. The van der Waals surface area contributed by atoms with Crippen molar-refractivity contribution in [2.75, 3.05) is 6.54 Å². The molecule has 0 aromatic heterocycles. The summed E-state index contributed by atoms with van der Waals surface area (Å²) in [5.74, 6) is 0. The molecule has 2 heteroatoms. The minimum atomic E-state index is -0.388. The van der Waals surface area contributed by atoms with Crippen LogP contribution in [-0.4, -0.2) is 6.54 Å². The second-order valence-electron chi connectivity index (χ2n) is 2.85. The molecule has 63 valence electrons. The van der Waals surface area contributed by atoms with E-state index in [0.29, 0.717) is 6.54 Å². The molecule has 2 N–H and O–H groups in total. The Morgan fingerprint density at radius 1 is 1.17 bits per heavy atom. The molecule has 1 radical (unpaired) electrons. The van der Waals surface area contributed by atoms with E-state index >= 15 is 0 Å². The Balaban J connectivity index is 0.00000121. The third-order valence-electron chi connectivity index (χ3n) is 1.78. The van der Waals surface area contributed by atoms with Crippen LogP contribution < -0.4 is 5.73 Å². The van der Waals surface area contributed by atoms with Gasteiger partial charge in [-0.25, -0.2) is 0 Å². The molecule has 0 aliphatic rings. The van der Waals surface area contributed by atoms with Crippen LogP contribution in [0.5, 0.6) is 0 Å². The summed E-state index contributed by atoms with van der Waals surface area (Å²) in [5.41, 5.74) is 6.21. The number of hydrogen-bond acceptors (Lipinski definition) is 1. The van der Waals surface area contributed by atoms with Gasteiger partial charge in [-0.15, -0.1) is 0 Å². The molecule has 0 amide bonds. The summed E-state index contributed by atoms with van der Waals surface area (Å²) in [4.78, 5) is 0. The van der Waals surface area contributed by atoms with E-state index in [-0.39, 0.29) is 38.1 Å². The fraction of sp³-hybridized carbons (Fsp3) is 0.200. The van der Waals surface area contributed by atoms with Crippen LogP contribution in [0.3, 0.4) is 0 Å². The summed E-state index contributed by atoms with van der Waals surface area (Å²) in [5, 5.41) is 0. The largest absolute Gasteiger partial charge is 0.361 e. The van der Waals surface area contributed by atoms with Crippen LogP contribution in [0.25, 0.3) is 0 Å². The maximum atomic E-state index is 5.51. The molecule has 0 aliphatic heterocycles. The first kappa shape index (κ1) is 12.3. The molecular formula is C10H13NY-2. The Hall–Kier alpha value is 0.284. The van der Waals surface area contributed by atoms with Gasteiger partial charge < -0.3 is 19.6 Å². The van der Waals surface area contributed by atoms with Crippen molar-refractivity contribution >= 4 is 0 Å². The van der Waals surface area contributed by atoms with Crippen LogP contribution in [0, 0.1) is 13.8 Å². The van der Waals surface area contributed by atoms with Crippen LogP contribution in [-0.2, 0) is 38.1 Å². The van der Waals surface area contributed by atoms with Crippen molar-refractivity contribution < 1.29 is 32.7 Å². The molecule has 0 saturated heterocycles. The molecule has 0 spiro atoms. The molecule has 0 bridgehead atoms. The molecule has 1 nitrogen and oxygen atoms in total. The Bertz CT molecular complexity index is 219.